The molecule has 0 aliphatic heterocycles. The minimum atomic E-state index is -0.477. The molecule has 0 bridgehead atoms. The Balaban J connectivity index is 2.12. The number of hydrogen-bond donors (Lipinski definition) is 1. The number of hydrogen-bond acceptors (Lipinski definition) is 5. The maximum atomic E-state index is 11.9. The molecule has 0 aromatic carbocycles. The first-order chi connectivity index (χ1) is 9.91. The molecule has 2 aromatic rings. The molecule has 0 spiro atoms. The van der Waals surface area contributed by atoms with E-state index in [2.05, 4.69) is 15.3 Å². The summed E-state index contributed by atoms with van der Waals surface area (Å²) >= 11 is 1.41. The third kappa shape index (κ3) is 4.01. The second-order valence-electron chi connectivity index (χ2n) is 5.30. The van der Waals surface area contributed by atoms with Crippen LogP contribution in [-0.4, -0.2) is 21.7 Å². The molecule has 0 aliphatic rings. The van der Waals surface area contributed by atoms with Crippen molar-refractivity contribution in [3.63, 3.8) is 0 Å². The van der Waals surface area contributed by atoms with E-state index in [1.807, 2.05) is 39.8 Å². The summed E-state index contributed by atoms with van der Waals surface area (Å²) in [7, 11) is 0. The van der Waals surface area contributed by atoms with E-state index in [9.17, 15) is 4.79 Å². The summed E-state index contributed by atoms with van der Waals surface area (Å²) in [5.74, 6) is 0. The van der Waals surface area contributed by atoms with Crippen molar-refractivity contribution < 1.29 is 9.53 Å². The predicted molar refractivity (Wildman–Crippen MR) is 84.6 cm³/mol. The first-order valence-electron chi connectivity index (χ1n) is 6.79. The summed E-state index contributed by atoms with van der Waals surface area (Å²) in [5.41, 5.74) is 1.22. The number of nitrogens with zero attached hydrogens (tertiary/aromatic N) is 2. The van der Waals surface area contributed by atoms with Crippen LogP contribution in [0, 0.1) is 6.92 Å². The molecule has 0 fully saturated rings. The molecule has 112 valence electrons. The number of aryl methyl sites for hydroxylation is 1. The molecule has 2 aromatic heterocycles. The second kappa shape index (κ2) is 6.22. The Morgan fingerprint density at radius 2 is 2.24 bits per heavy atom. The zero-order valence-electron chi connectivity index (χ0n) is 12.6. The lowest BCUT2D eigenvalue weighted by Crippen LogP contribution is -2.29. The van der Waals surface area contributed by atoms with E-state index >= 15 is 0 Å². The van der Waals surface area contributed by atoms with E-state index in [1.165, 1.54) is 11.3 Å². The van der Waals surface area contributed by atoms with Crippen molar-refractivity contribution >= 4 is 22.4 Å². The van der Waals surface area contributed by atoms with Crippen LogP contribution in [0.25, 0.3) is 10.6 Å². The van der Waals surface area contributed by atoms with Crippen molar-refractivity contribution in [3.8, 4) is 10.6 Å². The van der Waals surface area contributed by atoms with Crippen LogP contribution in [0.15, 0.2) is 24.5 Å². The van der Waals surface area contributed by atoms with Crippen molar-refractivity contribution in [2.75, 3.05) is 5.32 Å². The molecule has 2 heterocycles. The zero-order valence-corrected chi connectivity index (χ0v) is 13.5. The summed E-state index contributed by atoms with van der Waals surface area (Å²) in [6, 6.07) is 3.80. The smallest absolute Gasteiger partial charge is 0.412 e. The summed E-state index contributed by atoms with van der Waals surface area (Å²) in [6.07, 6.45) is 3.77. The van der Waals surface area contributed by atoms with Crippen LogP contribution in [0.1, 0.15) is 32.9 Å². The maximum Gasteiger partial charge on any atom is 0.412 e. The number of carbonyl (C=O) groups excluding carboxylic acids is 1. The zero-order chi connectivity index (χ0) is 15.5. The summed E-state index contributed by atoms with van der Waals surface area (Å²) in [6.45, 7) is 7.60. The second-order valence-corrected chi connectivity index (χ2v) is 6.30. The summed E-state index contributed by atoms with van der Waals surface area (Å²) in [4.78, 5) is 20.5. The fraction of sp³-hybridized carbons (Fsp3) is 0.400. The highest BCUT2D eigenvalue weighted by Gasteiger charge is 2.21. The average Bonchev–Trinajstić information content (AvgIpc) is 2.80. The number of pyridine rings is 1. The predicted octanol–water partition coefficient (Wildman–Crippen LogP) is 4.25. The third-order valence-corrected chi connectivity index (χ3v) is 4.26. The van der Waals surface area contributed by atoms with Crippen LogP contribution in [0.3, 0.4) is 0 Å². The van der Waals surface area contributed by atoms with Gasteiger partial charge in [0.2, 0.25) is 0 Å². The van der Waals surface area contributed by atoms with Crippen molar-refractivity contribution in [2.24, 2.45) is 0 Å². The van der Waals surface area contributed by atoms with E-state index in [-0.39, 0.29) is 0 Å². The van der Waals surface area contributed by atoms with Crippen LogP contribution in [0.2, 0.25) is 0 Å². The van der Waals surface area contributed by atoms with Gasteiger partial charge in [-0.3, -0.25) is 10.3 Å². The molecule has 5 nitrogen and oxygen atoms in total. The van der Waals surface area contributed by atoms with Crippen LogP contribution in [0.5, 0.6) is 0 Å². The van der Waals surface area contributed by atoms with Crippen LogP contribution < -0.4 is 5.32 Å². The summed E-state index contributed by atoms with van der Waals surface area (Å²) in [5, 5.41) is 4.29. The number of rotatable bonds is 4. The van der Waals surface area contributed by atoms with E-state index in [4.69, 9.17) is 4.74 Å². The third-order valence-electron chi connectivity index (χ3n) is 3.14. The monoisotopic (exact) mass is 305 g/mol. The molecule has 1 amide bonds. The van der Waals surface area contributed by atoms with Crippen molar-refractivity contribution in [2.45, 2.75) is 39.7 Å². The normalized spacial score (nSPS) is 11.2. The Morgan fingerprint density at radius 3 is 2.86 bits per heavy atom. The van der Waals surface area contributed by atoms with Gasteiger partial charge in [0.1, 0.15) is 15.6 Å². The molecule has 0 unspecified atom stereocenters. The van der Waals surface area contributed by atoms with E-state index in [0.29, 0.717) is 5.00 Å². The minimum absolute atomic E-state index is 0.452. The van der Waals surface area contributed by atoms with Gasteiger partial charge in [-0.2, -0.15) is 0 Å². The van der Waals surface area contributed by atoms with Crippen molar-refractivity contribution in [1.29, 1.82) is 0 Å². The Morgan fingerprint density at radius 1 is 1.48 bits per heavy atom. The number of amides is 1. The van der Waals surface area contributed by atoms with Crippen molar-refractivity contribution in [3.05, 3.63) is 30.2 Å². The number of ether oxygens (including phenoxy) is 1. The fourth-order valence-corrected chi connectivity index (χ4v) is 2.51. The Kier molecular flexibility index (Phi) is 4.57. The van der Waals surface area contributed by atoms with Gasteiger partial charge in [0.25, 0.3) is 0 Å². The van der Waals surface area contributed by atoms with Gasteiger partial charge in [-0.1, -0.05) is 18.3 Å². The average molecular weight is 305 g/mol. The molecular weight excluding hydrogens is 286 g/mol. The topological polar surface area (TPSA) is 64.1 Å². The molecule has 0 saturated heterocycles. The van der Waals surface area contributed by atoms with Gasteiger partial charge in [0, 0.05) is 18.0 Å². The van der Waals surface area contributed by atoms with Gasteiger partial charge in [0.05, 0.1) is 5.69 Å². The standard InChI is InChI=1S/C15H19N3O2S/c1-5-15(3,4)20-14(19)18-12-10(2)17-13(21-12)11-7-6-8-16-9-11/h6-9H,5H2,1-4H3,(H,18,19). The van der Waals surface area contributed by atoms with Crippen LogP contribution >= 0.6 is 11.3 Å². The SMILES string of the molecule is CCC(C)(C)OC(=O)Nc1sc(-c2cccnc2)nc1C. The maximum absolute atomic E-state index is 11.9. The quantitative estimate of drug-likeness (QED) is 0.917. The van der Waals surface area contributed by atoms with Gasteiger partial charge >= 0.3 is 6.09 Å². The summed E-state index contributed by atoms with van der Waals surface area (Å²) < 4.78 is 5.38. The largest absolute Gasteiger partial charge is 0.443 e. The van der Waals surface area contributed by atoms with Gasteiger partial charge < -0.3 is 4.74 Å². The lowest BCUT2D eigenvalue weighted by atomic mass is 10.1. The minimum Gasteiger partial charge on any atom is -0.443 e. The van der Waals surface area contributed by atoms with Gasteiger partial charge in [0.15, 0.2) is 0 Å². The van der Waals surface area contributed by atoms with Crippen LogP contribution in [-0.2, 0) is 4.74 Å². The molecule has 0 saturated carbocycles. The molecule has 2 rings (SSSR count). The molecule has 0 atom stereocenters. The lowest BCUT2D eigenvalue weighted by molar-refractivity contribution is 0.0462. The molecule has 0 radical (unpaired) electrons. The Labute approximate surface area is 128 Å². The number of thiazole rings is 1. The molecular formula is C15H19N3O2S. The number of anilines is 1. The fourth-order valence-electron chi connectivity index (χ4n) is 1.57. The highest BCUT2D eigenvalue weighted by molar-refractivity contribution is 7.19. The lowest BCUT2D eigenvalue weighted by Gasteiger charge is -2.23. The molecule has 21 heavy (non-hydrogen) atoms. The van der Waals surface area contributed by atoms with Gasteiger partial charge in [-0.25, -0.2) is 9.78 Å². The first-order valence-corrected chi connectivity index (χ1v) is 7.61. The molecule has 0 aliphatic carbocycles. The Bertz CT molecular complexity index is 623. The molecule has 6 heteroatoms. The van der Waals surface area contributed by atoms with Crippen molar-refractivity contribution in [1.82, 2.24) is 9.97 Å². The highest BCUT2D eigenvalue weighted by Crippen LogP contribution is 2.31. The van der Waals surface area contributed by atoms with E-state index in [0.717, 1.165) is 22.7 Å². The number of aromatic nitrogens is 2. The number of nitrogens with one attached hydrogen (secondary N) is 1. The van der Waals surface area contributed by atoms with Gasteiger partial charge in [-0.05, 0) is 39.3 Å². The van der Waals surface area contributed by atoms with E-state index in [1.54, 1.807) is 12.4 Å². The molecule has 1 N–H and O–H groups in total. The Hall–Kier alpha value is -1.95. The number of carbonyl (C=O) groups is 1. The van der Waals surface area contributed by atoms with Crippen LogP contribution in [0.4, 0.5) is 9.80 Å². The van der Waals surface area contributed by atoms with Gasteiger partial charge in [-0.15, -0.1) is 0 Å². The van der Waals surface area contributed by atoms with E-state index < -0.39 is 11.7 Å². The first kappa shape index (κ1) is 15.4. The highest BCUT2D eigenvalue weighted by atomic mass is 32.1.